The fraction of sp³-hybridized carbons (Fsp3) is 0.263. The smallest absolute Gasteiger partial charge is 0.272 e. The number of fused-ring (bicyclic) bond motifs is 3. The van der Waals surface area contributed by atoms with E-state index in [1.54, 1.807) is 10.9 Å². The number of carbonyl (C=O) groups excluding carboxylic acids is 1. The van der Waals surface area contributed by atoms with Gasteiger partial charge in [0.1, 0.15) is 0 Å². The fourth-order valence-corrected chi connectivity index (χ4v) is 3.44. The SMILES string of the molecule is C[C@@H](NC(=O)c1nn(C)c2c1CCc1cnc(N)nc1-2)c1ccccc1. The minimum atomic E-state index is -0.177. The number of nitrogens with zero attached hydrogens (tertiary/aromatic N) is 4. The van der Waals surface area contributed by atoms with Gasteiger partial charge in [-0.3, -0.25) is 9.48 Å². The van der Waals surface area contributed by atoms with Crippen LogP contribution in [-0.2, 0) is 19.9 Å². The van der Waals surface area contributed by atoms with Crippen LogP contribution in [0.5, 0.6) is 0 Å². The summed E-state index contributed by atoms with van der Waals surface area (Å²) in [7, 11) is 1.82. The van der Waals surface area contributed by atoms with Crippen LogP contribution in [0, 0.1) is 0 Å². The summed E-state index contributed by atoms with van der Waals surface area (Å²) in [5.74, 6) is 0.0465. The average Bonchev–Trinajstić information content (AvgIpc) is 2.99. The van der Waals surface area contributed by atoms with Crippen LogP contribution >= 0.6 is 0 Å². The summed E-state index contributed by atoms with van der Waals surface area (Å²) in [6.07, 6.45) is 3.25. The Morgan fingerprint density at radius 2 is 2.04 bits per heavy atom. The molecule has 1 atom stereocenters. The number of hydrogen-bond donors (Lipinski definition) is 2. The molecule has 4 rings (SSSR count). The molecule has 2 aromatic heterocycles. The third-order valence-corrected chi connectivity index (χ3v) is 4.76. The lowest BCUT2D eigenvalue weighted by molar-refractivity contribution is 0.0933. The molecular weight excluding hydrogens is 328 g/mol. The van der Waals surface area contributed by atoms with Crippen molar-refractivity contribution in [3.05, 3.63) is 58.9 Å². The fourth-order valence-electron chi connectivity index (χ4n) is 3.44. The molecule has 0 saturated carbocycles. The van der Waals surface area contributed by atoms with E-state index in [1.807, 2.05) is 44.3 Å². The third kappa shape index (κ3) is 2.71. The minimum absolute atomic E-state index is 0.102. The number of nitrogens with one attached hydrogen (secondary N) is 1. The molecule has 26 heavy (non-hydrogen) atoms. The Kier molecular flexibility index (Phi) is 3.91. The molecular formula is C19H20N6O. The molecule has 1 aromatic carbocycles. The molecule has 1 aliphatic rings. The summed E-state index contributed by atoms with van der Waals surface area (Å²) in [6.45, 7) is 1.96. The maximum atomic E-state index is 12.8. The number of rotatable bonds is 3. The number of benzene rings is 1. The summed E-state index contributed by atoms with van der Waals surface area (Å²) in [5, 5.41) is 7.51. The van der Waals surface area contributed by atoms with Crippen molar-refractivity contribution in [3.8, 4) is 11.4 Å². The number of hydrogen-bond acceptors (Lipinski definition) is 5. The Bertz CT molecular complexity index is 979. The van der Waals surface area contributed by atoms with Crippen molar-refractivity contribution in [2.75, 3.05) is 5.73 Å². The highest BCUT2D eigenvalue weighted by atomic mass is 16.2. The predicted molar refractivity (Wildman–Crippen MR) is 98.4 cm³/mol. The van der Waals surface area contributed by atoms with Crippen LogP contribution in [0.2, 0.25) is 0 Å². The van der Waals surface area contributed by atoms with Crippen molar-refractivity contribution in [2.24, 2.45) is 7.05 Å². The lowest BCUT2D eigenvalue weighted by Gasteiger charge is -2.17. The number of amides is 1. The number of nitrogen functional groups attached to an aromatic ring is 1. The van der Waals surface area contributed by atoms with Gasteiger partial charge < -0.3 is 11.1 Å². The first-order valence-electron chi connectivity index (χ1n) is 8.58. The van der Waals surface area contributed by atoms with Gasteiger partial charge in [0, 0.05) is 18.8 Å². The summed E-state index contributed by atoms with van der Waals surface area (Å²) in [5.41, 5.74) is 10.8. The molecule has 3 aromatic rings. The van der Waals surface area contributed by atoms with Crippen LogP contribution < -0.4 is 11.1 Å². The molecule has 3 N–H and O–H groups in total. The van der Waals surface area contributed by atoms with E-state index in [4.69, 9.17) is 5.73 Å². The lowest BCUT2D eigenvalue weighted by Crippen LogP contribution is -2.28. The van der Waals surface area contributed by atoms with Gasteiger partial charge in [-0.2, -0.15) is 5.10 Å². The van der Waals surface area contributed by atoms with E-state index in [9.17, 15) is 4.79 Å². The van der Waals surface area contributed by atoms with E-state index in [1.165, 1.54) is 0 Å². The predicted octanol–water partition coefficient (Wildman–Crippen LogP) is 2.05. The van der Waals surface area contributed by atoms with Gasteiger partial charge in [0.15, 0.2) is 5.69 Å². The zero-order valence-corrected chi connectivity index (χ0v) is 14.7. The Morgan fingerprint density at radius 1 is 1.27 bits per heavy atom. The van der Waals surface area contributed by atoms with Crippen LogP contribution in [0.15, 0.2) is 36.5 Å². The molecule has 1 amide bonds. The summed E-state index contributed by atoms with van der Waals surface area (Å²) < 4.78 is 1.71. The molecule has 0 fully saturated rings. The van der Waals surface area contributed by atoms with E-state index in [-0.39, 0.29) is 17.9 Å². The quantitative estimate of drug-likeness (QED) is 0.755. The molecule has 2 heterocycles. The number of carbonyl (C=O) groups is 1. The summed E-state index contributed by atoms with van der Waals surface area (Å²) in [4.78, 5) is 21.3. The largest absolute Gasteiger partial charge is 0.368 e. The number of anilines is 1. The van der Waals surface area contributed by atoms with E-state index in [2.05, 4.69) is 20.4 Å². The first kappa shape index (κ1) is 16.3. The second kappa shape index (κ2) is 6.25. The van der Waals surface area contributed by atoms with Gasteiger partial charge in [-0.25, -0.2) is 9.97 Å². The summed E-state index contributed by atoms with van der Waals surface area (Å²) in [6, 6.07) is 9.76. The van der Waals surface area contributed by atoms with Crippen LogP contribution in [0.4, 0.5) is 5.95 Å². The van der Waals surface area contributed by atoms with Crippen LogP contribution in [0.25, 0.3) is 11.4 Å². The Hall–Kier alpha value is -3.22. The molecule has 132 valence electrons. The Labute approximate surface area is 151 Å². The topological polar surface area (TPSA) is 98.7 Å². The first-order valence-corrected chi connectivity index (χ1v) is 8.58. The standard InChI is InChI=1S/C19H20N6O/c1-11(12-6-4-3-5-7-12)22-18(26)16-14-9-8-13-10-21-19(20)23-15(13)17(14)25(2)24-16/h3-7,10-11H,8-9H2,1-2H3,(H,22,26)(H2,20,21,23)/t11-/m1/s1. The van der Waals surface area contributed by atoms with Crippen LogP contribution in [0.3, 0.4) is 0 Å². The first-order chi connectivity index (χ1) is 12.5. The molecule has 0 bridgehead atoms. The lowest BCUT2D eigenvalue weighted by atomic mass is 9.93. The molecule has 0 spiro atoms. The zero-order valence-electron chi connectivity index (χ0n) is 14.7. The van der Waals surface area contributed by atoms with Gasteiger partial charge in [0.2, 0.25) is 5.95 Å². The minimum Gasteiger partial charge on any atom is -0.368 e. The maximum absolute atomic E-state index is 12.8. The van der Waals surface area contributed by atoms with E-state index < -0.39 is 0 Å². The van der Waals surface area contributed by atoms with E-state index >= 15 is 0 Å². The Balaban J connectivity index is 1.67. The monoisotopic (exact) mass is 348 g/mol. The highest BCUT2D eigenvalue weighted by molar-refractivity contribution is 5.96. The third-order valence-electron chi connectivity index (χ3n) is 4.76. The van der Waals surface area contributed by atoms with E-state index in [0.29, 0.717) is 5.69 Å². The molecule has 0 radical (unpaired) electrons. The van der Waals surface area contributed by atoms with Gasteiger partial charge in [-0.05, 0) is 30.9 Å². The van der Waals surface area contributed by atoms with Gasteiger partial charge in [0.05, 0.1) is 17.4 Å². The van der Waals surface area contributed by atoms with Crippen molar-refractivity contribution >= 4 is 11.9 Å². The van der Waals surface area contributed by atoms with Gasteiger partial charge in [-0.15, -0.1) is 0 Å². The van der Waals surface area contributed by atoms with Crippen LogP contribution in [-0.4, -0.2) is 25.7 Å². The highest BCUT2D eigenvalue weighted by Gasteiger charge is 2.29. The molecule has 1 aliphatic carbocycles. The number of aryl methyl sites for hydroxylation is 2. The zero-order chi connectivity index (χ0) is 18.3. The van der Waals surface area contributed by atoms with Crippen molar-refractivity contribution in [1.82, 2.24) is 25.1 Å². The average molecular weight is 348 g/mol. The number of aromatic nitrogens is 4. The molecule has 0 saturated heterocycles. The van der Waals surface area contributed by atoms with Crippen molar-refractivity contribution in [2.45, 2.75) is 25.8 Å². The van der Waals surface area contributed by atoms with Crippen molar-refractivity contribution in [1.29, 1.82) is 0 Å². The number of nitrogens with two attached hydrogens (primary N) is 1. The molecule has 7 nitrogen and oxygen atoms in total. The normalized spacial score (nSPS) is 13.6. The van der Waals surface area contributed by atoms with Crippen LogP contribution in [0.1, 0.15) is 40.1 Å². The molecule has 0 unspecified atom stereocenters. The van der Waals surface area contributed by atoms with Gasteiger partial charge >= 0.3 is 0 Å². The highest BCUT2D eigenvalue weighted by Crippen LogP contribution is 2.33. The second-order valence-electron chi connectivity index (χ2n) is 6.51. The van der Waals surface area contributed by atoms with Gasteiger partial charge in [0.25, 0.3) is 5.91 Å². The summed E-state index contributed by atoms with van der Waals surface area (Å²) >= 11 is 0. The molecule has 7 heteroatoms. The second-order valence-corrected chi connectivity index (χ2v) is 6.51. The molecule has 0 aliphatic heterocycles. The van der Waals surface area contributed by atoms with Crippen molar-refractivity contribution < 1.29 is 4.79 Å². The van der Waals surface area contributed by atoms with Gasteiger partial charge in [-0.1, -0.05) is 30.3 Å². The van der Waals surface area contributed by atoms with E-state index in [0.717, 1.165) is 40.9 Å². The Morgan fingerprint density at radius 3 is 2.81 bits per heavy atom. The van der Waals surface area contributed by atoms with Crippen molar-refractivity contribution in [3.63, 3.8) is 0 Å². The maximum Gasteiger partial charge on any atom is 0.272 e.